The van der Waals surface area contributed by atoms with E-state index in [1.165, 1.54) is 11.8 Å². The quantitative estimate of drug-likeness (QED) is 0.571. The fourth-order valence-corrected chi connectivity index (χ4v) is 3.67. The van der Waals surface area contributed by atoms with Crippen LogP contribution < -0.4 is 15.5 Å². The number of amides is 3. The van der Waals surface area contributed by atoms with Crippen LogP contribution in [0.2, 0.25) is 0 Å². The number of hydrogen-bond donors (Lipinski definition) is 1. The van der Waals surface area contributed by atoms with Gasteiger partial charge in [0.1, 0.15) is 11.6 Å². The van der Waals surface area contributed by atoms with Crippen molar-refractivity contribution in [3.05, 3.63) is 6.07 Å². The maximum atomic E-state index is 11.9. The Morgan fingerprint density at radius 3 is 1.93 bits per heavy atom. The fraction of sp³-hybridized carbons (Fsp3) is 0.647. The molecule has 2 saturated heterocycles. The summed E-state index contributed by atoms with van der Waals surface area (Å²) in [6.45, 7) is 7.32. The molecule has 2 aliphatic heterocycles. The maximum Gasteiger partial charge on any atom is 0.409 e. The molecule has 1 aromatic rings. The van der Waals surface area contributed by atoms with Gasteiger partial charge in [0, 0.05) is 58.4 Å². The van der Waals surface area contributed by atoms with E-state index >= 15 is 0 Å². The number of ether oxygens (including phenoxy) is 1. The van der Waals surface area contributed by atoms with Crippen LogP contribution >= 0.6 is 11.8 Å². The number of primary amides is 1. The van der Waals surface area contributed by atoms with Crippen molar-refractivity contribution in [3.8, 4) is 0 Å². The molecule has 3 amide bonds. The number of nitrogens with two attached hydrogens (primary N) is 1. The van der Waals surface area contributed by atoms with Crippen molar-refractivity contribution in [1.82, 2.24) is 19.8 Å². The topological polar surface area (TPSA) is 108 Å². The molecule has 0 bridgehead atoms. The highest BCUT2D eigenvalue weighted by molar-refractivity contribution is 7.98. The van der Waals surface area contributed by atoms with Gasteiger partial charge in [-0.05, 0) is 13.2 Å². The second-order valence-corrected chi connectivity index (χ2v) is 7.33. The van der Waals surface area contributed by atoms with Gasteiger partial charge in [0.2, 0.25) is 0 Å². The van der Waals surface area contributed by atoms with Crippen molar-refractivity contribution in [3.63, 3.8) is 0 Å². The molecule has 28 heavy (non-hydrogen) atoms. The normalized spacial score (nSPS) is 17.6. The first-order valence-electron chi connectivity index (χ1n) is 9.41. The Balaban J connectivity index is 1.68. The highest BCUT2D eigenvalue weighted by Crippen LogP contribution is 2.24. The Hall–Kier alpha value is -2.43. The first kappa shape index (κ1) is 20.3. The molecule has 3 heterocycles. The van der Waals surface area contributed by atoms with Crippen LogP contribution in [-0.2, 0) is 4.74 Å². The summed E-state index contributed by atoms with van der Waals surface area (Å²) < 4.78 is 5.08. The van der Waals surface area contributed by atoms with Crippen molar-refractivity contribution in [2.75, 3.05) is 75.0 Å². The van der Waals surface area contributed by atoms with E-state index in [4.69, 9.17) is 10.5 Å². The van der Waals surface area contributed by atoms with Gasteiger partial charge in [-0.25, -0.2) is 19.6 Å². The summed E-state index contributed by atoms with van der Waals surface area (Å²) in [6, 6.07) is 1.60. The van der Waals surface area contributed by atoms with Gasteiger partial charge >= 0.3 is 12.1 Å². The third-order valence-corrected chi connectivity index (χ3v) is 5.45. The average molecular weight is 410 g/mol. The molecule has 0 unspecified atom stereocenters. The molecule has 0 saturated carbocycles. The summed E-state index contributed by atoms with van der Waals surface area (Å²) in [5.74, 6) is 1.71. The van der Waals surface area contributed by atoms with Crippen LogP contribution in [0, 0.1) is 0 Å². The van der Waals surface area contributed by atoms with E-state index in [1.807, 2.05) is 19.2 Å². The molecule has 3 rings (SSSR count). The lowest BCUT2D eigenvalue weighted by Gasteiger charge is -2.36. The number of carbonyl (C=O) groups is 2. The maximum absolute atomic E-state index is 11.9. The van der Waals surface area contributed by atoms with Gasteiger partial charge in [-0.15, -0.1) is 0 Å². The van der Waals surface area contributed by atoms with Gasteiger partial charge in [0.25, 0.3) is 0 Å². The molecule has 0 aromatic carbocycles. The second-order valence-electron chi connectivity index (χ2n) is 6.56. The first-order chi connectivity index (χ1) is 13.5. The van der Waals surface area contributed by atoms with E-state index in [1.54, 1.807) is 9.80 Å². The monoisotopic (exact) mass is 409 g/mol. The van der Waals surface area contributed by atoms with Crippen molar-refractivity contribution in [2.45, 2.75) is 12.1 Å². The summed E-state index contributed by atoms with van der Waals surface area (Å²) in [7, 11) is 0. The predicted octanol–water partition coefficient (Wildman–Crippen LogP) is 0.678. The Kier molecular flexibility index (Phi) is 6.65. The molecule has 0 aliphatic carbocycles. The average Bonchev–Trinajstić information content (AvgIpc) is 2.73. The van der Waals surface area contributed by atoms with Crippen molar-refractivity contribution >= 4 is 35.5 Å². The largest absolute Gasteiger partial charge is 0.450 e. The summed E-state index contributed by atoms with van der Waals surface area (Å²) in [5.41, 5.74) is 5.37. The number of hydrogen-bond acceptors (Lipinski definition) is 8. The van der Waals surface area contributed by atoms with Gasteiger partial charge in [-0.3, -0.25) is 0 Å². The highest BCUT2D eigenvalue weighted by Gasteiger charge is 2.25. The Bertz CT molecular complexity index is 704. The van der Waals surface area contributed by atoms with Crippen LogP contribution in [0.25, 0.3) is 0 Å². The standard InChI is InChI=1S/C17H27N7O3S/c1-3-27-17(26)24-10-6-22(7-11-24)14-12-13(19-16(20-14)28-2)21-4-8-23(9-5-21)15(18)25/h12H,3-11H2,1-2H3,(H2,18,25). The van der Waals surface area contributed by atoms with E-state index in [9.17, 15) is 9.59 Å². The summed E-state index contributed by atoms with van der Waals surface area (Å²) in [4.78, 5) is 40.2. The van der Waals surface area contributed by atoms with Crippen molar-refractivity contribution < 1.29 is 14.3 Å². The van der Waals surface area contributed by atoms with Gasteiger partial charge in [0.05, 0.1) is 6.61 Å². The van der Waals surface area contributed by atoms with Crippen LogP contribution in [0.15, 0.2) is 11.2 Å². The molecular weight excluding hydrogens is 382 g/mol. The number of rotatable bonds is 4. The van der Waals surface area contributed by atoms with Gasteiger partial charge in [0.15, 0.2) is 5.16 Å². The Labute approximate surface area is 169 Å². The fourth-order valence-electron chi connectivity index (χ4n) is 3.31. The lowest BCUT2D eigenvalue weighted by Crippen LogP contribution is -2.51. The smallest absolute Gasteiger partial charge is 0.409 e. The number of urea groups is 1. The summed E-state index contributed by atoms with van der Waals surface area (Å²) in [5, 5.41) is 0.706. The molecule has 10 nitrogen and oxygen atoms in total. The minimum absolute atomic E-state index is 0.261. The van der Waals surface area contributed by atoms with Crippen LogP contribution in [0.3, 0.4) is 0 Å². The number of anilines is 2. The molecule has 0 radical (unpaired) electrons. The second kappa shape index (κ2) is 9.18. The lowest BCUT2D eigenvalue weighted by molar-refractivity contribution is 0.105. The van der Waals surface area contributed by atoms with E-state index in [-0.39, 0.29) is 12.1 Å². The molecule has 0 atom stereocenters. The van der Waals surface area contributed by atoms with E-state index in [0.717, 1.165) is 11.6 Å². The molecule has 0 spiro atoms. The zero-order valence-electron chi connectivity index (χ0n) is 16.3. The lowest BCUT2D eigenvalue weighted by atomic mass is 10.3. The molecule has 11 heteroatoms. The van der Waals surface area contributed by atoms with E-state index < -0.39 is 0 Å². The Morgan fingerprint density at radius 1 is 1.00 bits per heavy atom. The minimum Gasteiger partial charge on any atom is -0.450 e. The molecule has 2 fully saturated rings. The number of carbonyl (C=O) groups excluding carboxylic acids is 2. The number of nitrogens with zero attached hydrogens (tertiary/aromatic N) is 6. The van der Waals surface area contributed by atoms with Crippen LogP contribution in [0.5, 0.6) is 0 Å². The number of piperazine rings is 2. The molecule has 2 aliphatic rings. The van der Waals surface area contributed by atoms with Crippen LogP contribution in [0.1, 0.15) is 6.92 Å². The zero-order chi connectivity index (χ0) is 20.1. The summed E-state index contributed by atoms with van der Waals surface area (Å²) >= 11 is 1.50. The Morgan fingerprint density at radius 2 is 1.50 bits per heavy atom. The van der Waals surface area contributed by atoms with Gasteiger partial charge in [-0.2, -0.15) is 0 Å². The molecular formula is C17H27N7O3S. The summed E-state index contributed by atoms with van der Waals surface area (Å²) in [6.07, 6.45) is 1.69. The third kappa shape index (κ3) is 4.70. The molecule has 1 aromatic heterocycles. The van der Waals surface area contributed by atoms with Crippen molar-refractivity contribution in [1.29, 1.82) is 0 Å². The molecule has 154 valence electrons. The zero-order valence-corrected chi connectivity index (χ0v) is 17.2. The minimum atomic E-state index is -0.382. The number of aromatic nitrogens is 2. The van der Waals surface area contributed by atoms with Gasteiger partial charge in [-0.1, -0.05) is 11.8 Å². The van der Waals surface area contributed by atoms with E-state index in [0.29, 0.717) is 64.1 Å². The van der Waals surface area contributed by atoms with Crippen molar-refractivity contribution in [2.24, 2.45) is 5.73 Å². The first-order valence-corrected chi connectivity index (χ1v) is 10.6. The van der Waals surface area contributed by atoms with E-state index in [2.05, 4.69) is 19.8 Å². The van der Waals surface area contributed by atoms with Crippen LogP contribution in [-0.4, -0.2) is 97.1 Å². The molecule has 2 N–H and O–H groups in total. The third-order valence-electron chi connectivity index (χ3n) is 4.91. The van der Waals surface area contributed by atoms with Gasteiger partial charge < -0.3 is 30.1 Å². The predicted molar refractivity (Wildman–Crippen MR) is 108 cm³/mol. The van der Waals surface area contributed by atoms with Crippen LogP contribution in [0.4, 0.5) is 21.2 Å². The highest BCUT2D eigenvalue weighted by atomic mass is 32.2. The number of thioether (sulfide) groups is 1. The SMILES string of the molecule is CCOC(=O)N1CCN(c2cc(N3CCN(C(N)=O)CC3)nc(SC)n2)CC1.